The van der Waals surface area contributed by atoms with Crippen LogP contribution in [0.1, 0.15) is 42.5 Å². The average Bonchev–Trinajstić information content (AvgIpc) is 3.14. The molecule has 0 aromatic heterocycles. The van der Waals surface area contributed by atoms with Gasteiger partial charge in [0.05, 0.1) is 32.3 Å². The van der Waals surface area contributed by atoms with Gasteiger partial charge in [0.1, 0.15) is 0 Å². The van der Waals surface area contributed by atoms with Crippen molar-refractivity contribution in [2.24, 2.45) is 0 Å². The largest absolute Gasteiger partial charge is 0.493 e. The van der Waals surface area contributed by atoms with Gasteiger partial charge in [0.25, 0.3) is 5.91 Å². The molecule has 26 heavy (non-hydrogen) atoms. The molecule has 1 N–H and O–H groups in total. The van der Waals surface area contributed by atoms with Crippen LogP contribution in [-0.4, -0.2) is 60.9 Å². The van der Waals surface area contributed by atoms with Crippen molar-refractivity contribution in [2.75, 3.05) is 26.8 Å². The number of benzene rings is 1. The first-order valence-corrected chi connectivity index (χ1v) is 9.04. The summed E-state index contributed by atoms with van der Waals surface area (Å²) in [5, 5.41) is 8.91. The van der Waals surface area contributed by atoms with Gasteiger partial charge in [-0.3, -0.25) is 9.59 Å². The highest BCUT2D eigenvalue weighted by Gasteiger charge is 2.27. The predicted molar refractivity (Wildman–Crippen MR) is 93.8 cm³/mol. The van der Waals surface area contributed by atoms with E-state index in [0.29, 0.717) is 30.2 Å². The Hall–Kier alpha value is -2.28. The maximum absolute atomic E-state index is 12.8. The van der Waals surface area contributed by atoms with Gasteiger partial charge in [-0.2, -0.15) is 0 Å². The summed E-state index contributed by atoms with van der Waals surface area (Å²) in [4.78, 5) is 25.3. The van der Waals surface area contributed by atoms with Gasteiger partial charge in [-0.05, 0) is 43.9 Å². The Morgan fingerprint density at radius 1 is 1.27 bits per heavy atom. The lowest BCUT2D eigenvalue weighted by Gasteiger charge is -2.32. The molecule has 1 saturated heterocycles. The molecule has 7 heteroatoms. The Bertz CT molecular complexity index is 655. The number of nitrogens with zero attached hydrogens (tertiary/aromatic N) is 1. The second kappa shape index (κ2) is 8.40. The number of carbonyl (C=O) groups excluding carboxylic acids is 1. The van der Waals surface area contributed by atoms with E-state index in [1.165, 1.54) is 12.8 Å². The van der Waals surface area contributed by atoms with Crippen molar-refractivity contribution in [1.29, 1.82) is 0 Å². The lowest BCUT2D eigenvalue weighted by Crippen LogP contribution is -2.46. The van der Waals surface area contributed by atoms with E-state index in [-0.39, 0.29) is 25.0 Å². The van der Waals surface area contributed by atoms with Crippen LogP contribution >= 0.6 is 0 Å². The number of morpholine rings is 1. The molecule has 2 fully saturated rings. The molecule has 1 amide bonds. The summed E-state index contributed by atoms with van der Waals surface area (Å²) < 4.78 is 16.8. The number of carboxylic acids is 1. The minimum atomic E-state index is -0.931. The Kier molecular flexibility index (Phi) is 5.98. The zero-order valence-electron chi connectivity index (χ0n) is 15.0. The van der Waals surface area contributed by atoms with Crippen molar-refractivity contribution in [3.05, 3.63) is 23.8 Å². The smallest absolute Gasteiger partial charge is 0.306 e. The van der Waals surface area contributed by atoms with Crippen LogP contribution < -0.4 is 9.47 Å². The van der Waals surface area contributed by atoms with E-state index >= 15 is 0 Å². The van der Waals surface area contributed by atoms with Crippen LogP contribution in [0.4, 0.5) is 0 Å². The minimum absolute atomic E-state index is 0.110. The molecule has 0 radical (unpaired) electrons. The summed E-state index contributed by atoms with van der Waals surface area (Å²) in [5.41, 5.74) is 0.497. The number of hydrogen-bond acceptors (Lipinski definition) is 5. The van der Waals surface area contributed by atoms with Gasteiger partial charge < -0.3 is 24.2 Å². The molecule has 0 spiro atoms. The van der Waals surface area contributed by atoms with Crippen LogP contribution in [0.15, 0.2) is 18.2 Å². The number of hydrogen-bond donors (Lipinski definition) is 1. The molecule has 7 nitrogen and oxygen atoms in total. The summed E-state index contributed by atoms with van der Waals surface area (Å²) >= 11 is 0. The molecular formula is C19H25NO6. The second-order valence-electron chi connectivity index (χ2n) is 6.73. The number of amides is 1. The third kappa shape index (κ3) is 4.46. The highest BCUT2D eigenvalue weighted by atomic mass is 16.5. The van der Waals surface area contributed by atoms with Crippen molar-refractivity contribution in [1.82, 2.24) is 4.90 Å². The Labute approximate surface area is 152 Å². The summed E-state index contributed by atoms with van der Waals surface area (Å²) in [6.07, 6.45) is 4.07. The molecule has 0 unspecified atom stereocenters. The maximum atomic E-state index is 12.8. The number of carbonyl (C=O) groups is 2. The number of aliphatic carboxylic acids is 1. The molecule has 3 rings (SSSR count). The summed E-state index contributed by atoms with van der Waals surface area (Å²) in [5.74, 6) is 0.105. The van der Waals surface area contributed by atoms with Crippen molar-refractivity contribution in [3.63, 3.8) is 0 Å². The minimum Gasteiger partial charge on any atom is -0.493 e. The average molecular weight is 363 g/mol. The lowest BCUT2D eigenvalue weighted by molar-refractivity contribution is -0.141. The monoisotopic (exact) mass is 363 g/mol. The Morgan fingerprint density at radius 2 is 2.04 bits per heavy atom. The highest BCUT2D eigenvalue weighted by molar-refractivity contribution is 5.95. The van der Waals surface area contributed by atoms with Gasteiger partial charge in [0.15, 0.2) is 11.5 Å². The normalized spacial score (nSPS) is 20.8. The Morgan fingerprint density at radius 3 is 2.73 bits per heavy atom. The second-order valence-corrected chi connectivity index (χ2v) is 6.73. The van der Waals surface area contributed by atoms with Crippen LogP contribution in [0, 0.1) is 0 Å². The van der Waals surface area contributed by atoms with Gasteiger partial charge >= 0.3 is 5.97 Å². The van der Waals surface area contributed by atoms with E-state index in [2.05, 4.69) is 0 Å². The van der Waals surface area contributed by atoms with E-state index in [0.717, 1.165) is 12.8 Å². The highest BCUT2D eigenvalue weighted by Crippen LogP contribution is 2.32. The third-order valence-corrected chi connectivity index (χ3v) is 4.83. The molecular weight excluding hydrogens is 338 g/mol. The van der Waals surface area contributed by atoms with E-state index in [1.807, 2.05) is 0 Å². The zero-order valence-corrected chi connectivity index (χ0v) is 15.0. The molecule has 1 aliphatic heterocycles. The number of carboxylic acid groups (broad SMARTS) is 1. The van der Waals surface area contributed by atoms with Crippen LogP contribution in [0.2, 0.25) is 0 Å². The fourth-order valence-electron chi connectivity index (χ4n) is 3.49. The first-order chi connectivity index (χ1) is 12.6. The topological polar surface area (TPSA) is 85.3 Å². The zero-order chi connectivity index (χ0) is 18.5. The lowest BCUT2D eigenvalue weighted by atomic mass is 10.1. The molecule has 1 aliphatic carbocycles. The molecule has 142 valence electrons. The Balaban J connectivity index is 1.69. The van der Waals surface area contributed by atoms with Crippen LogP contribution in [-0.2, 0) is 9.53 Å². The molecule has 2 aliphatic rings. The van der Waals surface area contributed by atoms with Crippen molar-refractivity contribution < 1.29 is 28.9 Å². The number of ether oxygens (including phenoxy) is 3. The van der Waals surface area contributed by atoms with Crippen LogP contribution in [0.25, 0.3) is 0 Å². The summed E-state index contributed by atoms with van der Waals surface area (Å²) in [7, 11) is 1.56. The molecule has 1 aromatic rings. The molecule has 1 saturated carbocycles. The first kappa shape index (κ1) is 18.5. The van der Waals surface area contributed by atoms with E-state index < -0.39 is 12.1 Å². The molecule has 0 bridgehead atoms. The van der Waals surface area contributed by atoms with Crippen LogP contribution in [0.5, 0.6) is 11.5 Å². The first-order valence-electron chi connectivity index (χ1n) is 9.04. The predicted octanol–water partition coefficient (Wildman–Crippen LogP) is 2.33. The SMILES string of the molecule is COc1cc(C(=O)N2CCO[C@H](CC(=O)O)C2)ccc1OC1CCCC1. The van der Waals surface area contributed by atoms with E-state index in [1.54, 1.807) is 30.2 Å². The van der Waals surface area contributed by atoms with E-state index in [4.69, 9.17) is 19.3 Å². The fourth-order valence-corrected chi connectivity index (χ4v) is 3.49. The van der Waals surface area contributed by atoms with Crippen LogP contribution in [0.3, 0.4) is 0 Å². The molecule has 1 atom stereocenters. The summed E-state index contributed by atoms with van der Waals surface area (Å²) in [6, 6.07) is 5.20. The fraction of sp³-hybridized carbons (Fsp3) is 0.579. The summed E-state index contributed by atoms with van der Waals surface area (Å²) in [6.45, 7) is 1.05. The molecule has 1 aromatic carbocycles. The van der Waals surface area contributed by atoms with Gasteiger partial charge in [-0.25, -0.2) is 0 Å². The standard InChI is InChI=1S/C19H25NO6/c1-24-17-10-13(6-7-16(17)26-14-4-2-3-5-14)19(23)20-8-9-25-15(12-20)11-18(21)22/h6-7,10,14-15H,2-5,8-9,11-12H2,1H3,(H,21,22)/t15-/m1/s1. The van der Waals surface area contributed by atoms with Gasteiger partial charge in [-0.15, -0.1) is 0 Å². The van der Waals surface area contributed by atoms with Gasteiger partial charge in [-0.1, -0.05) is 0 Å². The van der Waals surface area contributed by atoms with Gasteiger partial charge in [0, 0.05) is 18.7 Å². The van der Waals surface area contributed by atoms with Crippen molar-refractivity contribution in [2.45, 2.75) is 44.3 Å². The maximum Gasteiger partial charge on any atom is 0.306 e. The van der Waals surface area contributed by atoms with Crippen molar-refractivity contribution in [3.8, 4) is 11.5 Å². The van der Waals surface area contributed by atoms with E-state index in [9.17, 15) is 9.59 Å². The van der Waals surface area contributed by atoms with Gasteiger partial charge in [0.2, 0.25) is 0 Å². The third-order valence-electron chi connectivity index (χ3n) is 4.83. The quantitative estimate of drug-likeness (QED) is 0.835. The molecule has 1 heterocycles. The van der Waals surface area contributed by atoms with Crippen molar-refractivity contribution >= 4 is 11.9 Å². The number of rotatable bonds is 6. The number of methoxy groups -OCH3 is 1.